The second kappa shape index (κ2) is 8.01. The van der Waals surface area contributed by atoms with Crippen LogP contribution in [0.15, 0.2) is 42.5 Å². The molecule has 10 nitrogen and oxygen atoms in total. The molecule has 0 fully saturated rings. The van der Waals surface area contributed by atoms with E-state index in [4.69, 9.17) is 0 Å². The molecule has 3 N–H and O–H groups in total. The summed E-state index contributed by atoms with van der Waals surface area (Å²) in [5.41, 5.74) is 0.713. The first kappa shape index (κ1) is 20.1. The molecule has 0 bridgehead atoms. The van der Waals surface area contributed by atoms with Gasteiger partial charge in [-0.25, -0.2) is 4.72 Å². The summed E-state index contributed by atoms with van der Waals surface area (Å²) in [5, 5.41) is 23.6. The third-order valence-corrected chi connectivity index (χ3v) is 4.99. The van der Waals surface area contributed by atoms with Gasteiger partial charge in [0.1, 0.15) is 5.75 Å². The van der Waals surface area contributed by atoms with Gasteiger partial charge in [-0.3, -0.25) is 14.9 Å². The van der Waals surface area contributed by atoms with Crippen LogP contribution >= 0.6 is 0 Å². The number of aromatic hydroxyl groups is 1. The molecule has 2 aromatic rings. The van der Waals surface area contributed by atoms with E-state index in [1.165, 1.54) is 44.4 Å². The molecule has 0 saturated heterocycles. The van der Waals surface area contributed by atoms with E-state index in [-0.39, 0.29) is 23.5 Å². The lowest BCUT2D eigenvalue weighted by Gasteiger charge is -2.13. The van der Waals surface area contributed by atoms with Crippen molar-refractivity contribution in [1.82, 2.24) is 9.03 Å². The zero-order valence-electron chi connectivity index (χ0n) is 14.5. The Morgan fingerprint density at radius 1 is 1.22 bits per heavy atom. The summed E-state index contributed by atoms with van der Waals surface area (Å²) < 4.78 is 26.3. The Kier molecular flexibility index (Phi) is 5.98. The summed E-state index contributed by atoms with van der Waals surface area (Å²) in [6, 6.07) is 9.70. The maximum absolute atomic E-state index is 12.1. The van der Waals surface area contributed by atoms with Gasteiger partial charge in [0, 0.05) is 49.6 Å². The van der Waals surface area contributed by atoms with Gasteiger partial charge in [-0.2, -0.15) is 12.7 Å². The first-order valence-corrected chi connectivity index (χ1v) is 9.09. The molecular formula is C16H18N4O6S. The molecule has 0 aliphatic rings. The van der Waals surface area contributed by atoms with Gasteiger partial charge in [-0.1, -0.05) is 6.07 Å². The van der Waals surface area contributed by atoms with Gasteiger partial charge in [-0.05, 0) is 24.3 Å². The highest BCUT2D eigenvalue weighted by molar-refractivity contribution is 7.87. The van der Waals surface area contributed by atoms with Crippen molar-refractivity contribution in [2.45, 2.75) is 6.54 Å². The molecular weight excluding hydrogens is 376 g/mol. The van der Waals surface area contributed by atoms with Crippen LogP contribution in [0.4, 0.5) is 11.4 Å². The quantitative estimate of drug-likeness (QED) is 0.476. The van der Waals surface area contributed by atoms with Crippen LogP contribution in [0.3, 0.4) is 0 Å². The van der Waals surface area contributed by atoms with Gasteiger partial charge >= 0.3 is 10.2 Å². The first-order chi connectivity index (χ1) is 12.6. The summed E-state index contributed by atoms with van der Waals surface area (Å²) >= 11 is 0. The van der Waals surface area contributed by atoms with Crippen LogP contribution in [0, 0.1) is 10.1 Å². The van der Waals surface area contributed by atoms with Crippen molar-refractivity contribution >= 4 is 27.5 Å². The van der Waals surface area contributed by atoms with Crippen molar-refractivity contribution in [2.75, 3.05) is 19.4 Å². The Bertz CT molecular complexity index is 975. The van der Waals surface area contributed by atoms with E-state index >= 15 is 0 Å². The van der Waals surface area contributed by atoms with Crippen LogP contribution in [-0.2, 0) is 16.8 Å². The smallest absolute Gasteiger partial charge is 0.303 e. The highest BCUT2D eigenvalue weighted by Crippen LogP contribution is 2.24. The van der Waals surface area contributed by atoms with Gasteiger partial charge in [0.25, 0.3) is 11.6 Å². The Hall–Kier alpha value is -3.18. The molecule has 11 heteroatoms. The van der Waals surface area contributed by atoms with Crippen LogP contribution in [0.1, 0.15) is 15.9 Å². The number of nitrogens with zero attached hydrogens (tertiary/aromatic N) is 2. The van der Waals surface area contributed by atoms with Gasteiger partial charge in [0.05, 0.1) is 4.92 Å². The molecule has 2 aromatic carbocycles. The van der Waals surface area contributed by atoms with E-state index in [0.29, 0.717) is 11.3 Å². The molecule has 0 atom stereocenters. The minimum absolute atomic E-state index is 0.0641. The second-order valence-electron chi connectivity index (χ2n) is 5.72. The zero-order chi connectivity index (χ0) is 20.2. The number of hydrogen-bond acceptors (Lipinski definition) is 7. The zero-order valence-corrected chi connectivity index (χ0v) is 15.4. The Morgan fingerprint density at radius 2 is 1.93 bits per heavy atom. The number of phenols is 1. The monoisotopic (exact) mass is 394 g/mol. The average Bonchev–Trinajstić information content (AvgIpc) is 2.60. The van der Waals surface area contributed by atoms with Crippen molar-refractivity contribution in [3.63, 3.8) is 0 Å². The van der Waals surface area contributed by atoms with Gasteiger partial charge < -0.3 is 10.4 Å². The lowest BCUT2D eigenvalue weighted by atomic mass is 10.1. The average molecular weight is 394 g/mol. The molecule has 0 aliphatic carbocycles. The van der Waals surface area contributed by atoms with E-state index in [2.05, 4.69) is 5.32 Å². The molecule has 0 unspecified atom stereocenters. The first-order valence-electron chi connectivity index (χ1n) is 7.65. The van der Waals surface area contributed by atoms with Gasteiger partial charge in [-0.15, -0.1) is 0 Å². The van der Waals surface area contributed by atoms with Crippen LogP contribution in [-0.4, -0.2) is 42.8 Å². The number of benzene rings is 2. The third-order valence-electron chi connectivity index (χ3n) is 3.58. The fourth-order valence-corrected chi connectivity index (χ4v) is 2.60. The number of carbonyl (C=O) groups excluding carboxylic acids is 1. The van der Waals surface area contributed by atoms with E-state index in [1.807, 2.05) is 4.72 Å². The molecule has 2 rings (SSSR count). The molecule has 27 heavy (non-hydrogen) atoms. The van der Waals surface area contributed by atoms with E-state index in [9.17, 15) is 28.4 Å². The topological polar surface area (TPSA) is 142 Å². The lowest BCUT2D eigenvalue weighted by molar-refractivity contribution is -0.384. The number of nitro groups is 1. The minimum Gasteiger partial charge on any atom is -0.508 e. The largest absolute Gasteiger partial charge is 0.508 e. The summed E-state index contributed by atoms with van der Waals surface area (Å²) in [5.74, 6) is -0.912. The predicted octanol–water partition coefficient (Wildman–Crippen LogP) is 1.45. The number of anilines is 1. The molecule has 1 amide bonds. The van der Waals surface area contributed by atoms with Crippen LogP contribution < -0.4 is 10.0 Å². The van der Waals surface area contributed by atoms with Crippen molar-refractivity contribution in [1.29, 1.82) is 0 Å². The van der Waals surface area contributed by atoms with E-state index in [0.717, 1.165) is 4.31 Å². The molecule has 0 aromatic heterocycles. The van der Waals surface area contributed by atoms with Crippen molar-refractivity contribution in [2.24, 2.45) is 0 Å². The van der Waals surface area contributed by atoms with E-state index in [1.54, 1.807) is 12.1 Å². The third kappa shape index (κ3) is 5.15. The fourth-order valence-electron chi connectivity index (χ4n) is 2.06. The molecule has 0 radical (unpaired) electrons. The molecule has 0 saturated carbocycles. The minimum atomic E-state index is -3.92. The summed E-state index contributed by atoms with van der Waals surface area (Å²) in [4.78, 5) is 22.4. The Balaban J connectivity index is 2.14. The number of nitro benzene ring substituents is 1. The molecule has 144 valence electrons. The summed E-state index contributed by atoms with van der Waals surface area (Å²) in [6.45, 7) is 0.0641. The second-order valence-corrected chi connectivity index (χ2v) is 7.61. The predicted molar refractivity (Wildman–Crippen MR) is 98.6 cm³/mol. The summed E-state index contributed by atoms with van der Waals surface area (Å²) in [7, 11) is -1.33. The van der Waals surface area contributed by atoms with E-state index < -0.39 is 21.0 Å². The van der Waals surface area contributed by atoms with Crippen LogP contribution in [0.2, 0.25) is 0 Å². The Labute approximate surface area is 155 Å². The highest BCUT2D eigenvalue weighted by Gasteiger charge is 2.18. The van der Waals surface area contributed by atoms with Crippen LogP contribution in [0.25, 0.3) is 0 Å². The van der Waals surface area contributed by atoms with Gasteiger partial charge in [0.2, 0.25) is 0 Å². The number of carbonyl (C=O) groups is 1. The van der Waals surface area contributed by atoms with Crippen molar-refractivity contribution < 1.29 is 23.2 Å². The van der Waals surface area contributed by atoms with Crippen molar-refractivity contribution in [3.05, 3.63) is 63.7 Å². The summed E-state index contributed by atoms with van der Waals surface area (Å²) in [6.07, 6.45) is 0. The number of phenolic OH excluding ortho intramolecular Hbond substituents is 1. The SMILES string of the molecule is CN(C)S(=O)(=O)NC(=O)c1cccc(NCc2cc([N+](=O)[O-])ccc2O)c1. The number of amides is 1. The molecule has 0 spiro atoms. The van der Waals surface area contributed by atoms with Gasteiger partial charge in [0.15, 0.2) is 0 Å². The molecule has 0 heterocycles. The normalized spacial score (nSPS) is 11.2. The number of rotatable bonds is 7. The maximum Gasteiger partial charge on any atom is 0.303 e. The fraction of sp³-hybridized carbons (Fsp3) is 0.188. The van der Waals surface area contributed by atoms with Crippen LogP contribution in [0.5, 0.6) is 5.75 Å². The standard InChI is InChI=1S/C16H18N4O6S/c1-19(2)27(25,26)18-16(22)11-4-3-5-13(8-11)17-10-12-9-14(20(23)24)6-7-15(12)21/h3-9,17,21H,10H2,1-2H3,(H,18,22). The number of nitrogens with one attached hydrogen (secondary N) is 2. The highest BCUT2D eigenvalue weighted by atomic mass is 32.2. The Morgan fingerprint density at radius 3 is 2.56 bits per heavy atom. The lowest BCUT2D eigenvalue weighted by Crippen LogP contribution is -2.39. The maximum atomic E-state index is 12.1. The van der Waals surface area contributed by atoms with Crippen molar-refractivity contribution in [3.8, 4) is 5.75 Å². The number of non-ortho nitro benzene ring substituents is 1. The molecule has 0 aliphatic heterocycles. The number of hydrogen-bond donors (Lipinski definition) is 3.